The molecule has 1 aliphatic carbocycles. The SMILES string of the molecule is CC(N)c1ccccc1OC1/C=C/CCCCC1. The predicted molar refractivity (Wildman–Crippen MR) is 75.7 cm³/mol. The lowest BCUT2D eigenvalue weighted by molar-refractivity contribution is 0.228. The van der Waals surface area contributed by atoms with Gasteiger partial charge in [-0.2, -0.15) is 0 Å². The number of hydrogen-bond acceptors (Lipinski definition) is 2. The van der Waals surface area contributed by atoms with Crippen LogP contribution in [0.25, 0.3) is 0 Å². The van der Waals surface area contributed by atoms with Crippen LogP contribution in [0.1, 0.15) is 50.6 Å². The second-order valence-corrected chi connectivity index (χ2v) is 5.05. The van der Waals surface area contributed by atoms with Gasteiger partial charge in [-0.1, -0.05) is 30.7 Å². The molecule has 0 spiro atoms. The molecular weight excluding hydrogens is 222 g/mol. The van der Waals surface area contributed by atoms with Crippen LogP contribution < -0.4 is 10.5 Å². The van der Waals surface area contributed by atoms with E-state index in [9.17, 15) is 0 Å². The first-order chi connectivity index (χ1) is 8.77. The molecule has 98 valence electrons. The molecule has 2 N–H and O–H groups in total. The maximum Gasteiger partial charge on any atom is 0.124 e. The predicted octanol–water partition coefficient (Wildman–Crippen LogP) is 3.97. The van der Waals surface area contributed by atoms with E-state index < -0.39 is 0 Å². The fourth-order valence-corrected chi connectivity index (χ4v) is 2.35. The van der Waals surface area contributed by atoms with Gasteiger partial charge in [-0.15, -0.1) is 0 Å². The highest BCUT2D eigenvalue weighted by atomic mass is 16.5. The fraction of sp³-hybridized carbons (Fsp3) is 0.500. The number of rotatable bonds is 3. The first kappa shape index (κ1) is 13.2. The lowest BCUT2D eigenvalue weighted by atomic mass is 10.0. The zero-order chi connectivity index (χ0) is 12.8. The van der Waals surface area contributed by atoms with Crippen molar-refractivity contribution in [3.8, 4) is 5.75 Å². The van der Waals surface area contributed by atoms with Gasteiger partial charge in [0.25, 0.3) is 0 Å². The Morgan fingerprint density at radius 3 is 2.89 bits per heavy atom. The van der Waals surface area contributed by atoms with Crippen molar-refractivity contribution in [3.05, 3.63) is 42.0 Å². The molecule has 0 amide bonds. The zero-order valence-electron chi connectivity index (χ0n) is 11.1. The molecule has 0 fully saturated rings. The first-order valence-electron chi connectivity index (χ1n) is 6.95. The van der Waals surface area contributed by atoms with E-state index in [0.29, 0.717) is 0 Å². The van der Waals surface area contributed by atoms with Crippen molar-refractivity contribution in [1.29, 1.82) is 0 Å². The van der Waals surface area contributed by atoms with E-state index in [0.717, 1.165) is 17.7 Å². The Hall–Kier alpha value is -1.28. The van der Waals surface area contributed by atoms with Gasteiger partial charge < -0.3 is 10.5 Å². The Morgan fingerprint density at radius 1 is 1.22 bits per heavy atom. The number of allylic oxidation sites excluding steroid dienone is 1. The van der Waals surface area contributed by atoms with Gasteiger partial charge in [0.05, 0.1) is 0 Å². The average molecular weight is 245 g/mol. The van der Waals surface area contributed by atoms with Gasteiger partial charge in [0.15, 0.2) is 0 Å². The fourth-order valence-electron chi connectivity index (χ4n) is 2.35. The van der Waals surface area contributed by atoms with Gasteiger partial charge in [-0.05, 0) is 44.7 Å². The van der Waals surface area contributed by atoms with Gasteiger partial charge in [-0.25, -0.2) is 0 Å². The van der Waals surface area contributed by atoms with E-state index in [1.165, 1.54) is 25.7 Å². The van der Waals surface area contributed by atoms with Crippen molar-refractivity contribution >= 4 is 0 Å². The number of nitrogens with two attached hydrogens (primary N) is 1. The van der Waals surface area contributed by atoms with Crippen molar-refractivity contribution in [2.45, 2.75) is 51.2 Å². The number of ether oxygens (including phenoxy) is 1. The summed E-state index contributed by atoms with van der Waals surface area (Å²) < 4.78 is 6.12. The largest absolute Gasteiger partial charge is 0.486 e. The molecule has 0 bridgehead atoms. The molecule has 0 heterocycles. The Balaban J connectivity index is 2.09. The molecule has 0 radical (unpaired) electrons. The number of para-hydroxylation sites is 1. The van der Waals surface area contributed by atoms with Crippen LogP contribution in [-0.2, 0) is 0 Å². The van der Waals surface area contributed by atoms with Crippen molar-refractivity contribution in [2.75, 3.05) is 0 Å². The van der Waals surface area contributed by atoms with E-state index in [-0.39, 0.29) is 12.1 Å². The average Bonchev–Trinajstić information content (AvgIpc) is 2.33. The summed E-state index contributed by atoms with van der Waals surface area (Å²) in [4.78, 5) is 0. The van der Waals surface area contributed by atoms with Crippen LogP contribution in [0.3, 0.4) is 0 Å². The second kappa shape index (κ2) is 6.60. The maximum absolute atomic E-state index is 6.12. The Morgan fingerprint density at radius 2 is 2.06 bits per heavy atom. The minimum atomic E-state index is 0.0127. The quantitative estimate of drug-likeness (QED) is 0.818. The molecule has 2 rings (SSSR count). The van der Waals surface area contributed by atoms with Crippen LogP contribution in [0, 0.1) is 0 Å². The summed E-state index contributed by atoms with van der Waals surface area (Å²) in [6, 6.07) is 8.10. The Labute approximate surface area is 110 Å². The van der Waals surface area contributed by atoms with Gasteiger partial charge in [0.1, 0.15) is 11.9 Å². The van der Waals surface area contributed by atoms with Crippen LogP contribution in [0.5, 0.6) is 5.75 Å². The minimum Gasteiger partial charge on any atom is -0.486 e. The monoisotopic (exact) mass is 245 g/mol. The molecule has 2 heteroatoms. The molecule has 0 saturated carbocycles. The molecule has 2 nitrogen and oxygen atoms in total. The molecule has 0 aliphatic heterocycles. The molecule has 0 saturated heterocycles. The van der Waals surface area contributed by atoms with Crippen LogP contribution >= 0.6 is 0 Å². The highest BCUT2D eigenvalue weighted by Crippen LogP contribution is 2.26. The van der Waals surface area contributed by atoms with Crippen LogP contribution in [0.2, 0.25) is 0 Å². The third-order valence-corrected chi connectivity index (χ3v) is 3.40. The van der Waals surface area contributed by atoms with Crippen molar-refractivity contribution < 1.29 is 4.74 Å². The van der Waals surface area contributed by atoms with E-state index >= 15 is 0 Å². The first-order valence-corrected chi connectivity index (χ1v) is 6.95. The number of benzene rings is 1. The standard InChI is InChI=1S/C16H23NO/c1-13(17)15-11-7-8-12-16(15)18-14-9-5-3-2-4-6-10-14/h5,7-9,11-14H,2-4,6,10,17H2,1H3/b9-5+. The van der Waals surface area contributed by atoms with Crippen molar-refractivity contribution in [3.63, 3.8) is 0 Å². The summed E-state index contributed by atoms with van der Waals surface area (Å²) in [6.07, 6.45) is 10.8. The molecule has 18 heavy (non-hydrogen) atoms. The summed E-state index contributed by atoms with van der Waals surface area (Å²) in [6.45, 7) is 2.00. The van der Waals surface area contributed by atoms with Gasteiger partial charge >= 0.3 is 0 Å². The van der Waals surface area contributed by atoms with Crippen molar-refractivity contribution in [2.24, 2.45) is 5.73 Å². The van der Waals surface area contributed by atoms with Gasteiger partial charge in [0.2, 0.25) is 0 Å². The third kappa shape index (κ3) is 3.61. The molecule has 1 aliphatic rings. The van der Waals surface area contributed by atoms with Crippen LogP contribution in [-0.4, -0.2) is 6.10 Å². The molecular formula is C16H23NO. The second-order valence-electron chi connectivity index (χ2n) is 5.05. The van der Waals surface area contributed by atoms with Crippen LogP contribution in [0.4, 0.5) is 0 Å². The summed E-state index contributed by atoms with van der Waals surface area (Å²) in [5, 5.41) is 0. The van der Waals surface area contributed by atoms with E-state index in [1.54, 1.807) is 0 Å². The lowest BCUT2D eigenvalue weighted by Crippen LogP contribution is -2.17. The summed E-state index contributed by atoms with van der Waals surface area (Å²) in [7, 11) is 0. The minimum absolute atomic E-state index is 0.0127. The lowest BCUT2D eigenvalue weighted by Gasteiger charge is -2.20. The normalized spacial score (nSPS) is 23.8. The van der Waals surface area contributed by atoms with E-state index in [4.69, 9.17) is 10.5 Å². The summed E-state index contributed by atoms with van der Waals surface area (Å²) >= 11 is 0. The molecule has 2 unspecified atom stereocenters. The van der Waals surface area contributed by atoms with E-state index in [2.05, 4.69) is 12.2 Å². The Bertz CT molecular complexity index is 398. The third-order valence-electron chi connectivity index (χ3n) is 3.40. The molecule has 1 aromatic carbocycles. The Kier molecular flexibility index (Phi) is 4.82. The molecule has 1 aromatic rings. The molecule has 2 atom stereocenters. The maximum atomic E-state index is 6.12. The topological polar surface area (TPSA) is 35.2 Å². The van der Waals surface area contributed by atoms with E-state index in [1.807, 2.05) is 31.2 Å². The summed E-state index contributed by atoms with van der Waals surface area (Å²) in [5.74, 6) is 0.933. The smallest absolute Gasteiger partial charge is 0.124 e. The highest BCUT2D eigenvalue weighted by Gasteiger charge is 2.12. The van der Waals surface area contributed by atoms with Gasteiger partial charge in [0, 0.05) is 11.6 Å². The molecule has 0 aromatic heterocycles. The zero-order valence-corrected chi connectivity index (χ0v) is 11.1. The van der Waals surface area contributed by atoms with Gasteiger partial charge in [-0.3, -0.25) is 0 Å². The highest BCUT2D eigenvalue weighted by molar-refractivity contribution is 5.35. The van der Waals surface area contributed by atoms with Crippen LogP contribution in [0.15, 0.2) is 36.4 Å². The number of hydrogen-bond donors (Lipinski definition) is 1. The summed E-state index contributed by atoms with van der Waals surface area (Å²) in [5.41, 5.74) is 7.07. The van der Waals surface area contributed by atoms with Crippen molar-refractivity contribution in [1.82, 2.24) is 0 Å².